The fourth-order valence-corrected chi connectivity index (χ4v) is 10.3. The second-order valence-electron chi connectivity index (χ2n) is 14.7. The molecule has 8 atom stereocenters. The number of aliphatic hydroxyl groups is 2. The van der Waals surface area contributed by atoms with Gasteiger partial charge in [0, 0.05) is 17.8 Å². The monoisotopic (exact) mass is 472 g/mol. The number of fused-ring (bicyclic) bond motifs is 4. The van der Waals surface area contributed by atoms with E-state index in [4.69, 9.17) is 4.74 Å². The van der Waals surface area contributed by atoms with Crippen LogP contribution in [0.2, 0.25) is 0 Å². The molecular formula is C30H48O4. The Bertz CT molecular complexity index is 932. The fourth-order valence-electron chi connectivity index (χ4n) is 10.3. The van der Waals surface area contributed by atoms with Gasteiger partial charge in [-0.3, -0.25) is 4.79 Å². The third-order valence-electron chi connectivity index (χ3n) is 12.3. The van der Waals surface area contributed by atoms with E-state index >= 15 is 0 Å². The molecule has 4 aliphatic carbocycles. The van der Waals surface area contributed by atoms with E-state index in [-0.39, 0.29) is 27.6 Å². The lowest BCUT2D eigenvalue weighted by atomic mass is 9.43. The van der Waals surface area contributed by atoms with Crippen molar-refractivity contribution >= 4 is 5.78 Å². The van der Waals surface area contributed by atoms with Crippen LogP contribution in [0.4, 0.5) is 0 Å². The number of hydrogen-bond donors (Lipinski definition) is 2. The maximum Gasteiger partial charge on any atom is 0.138 e. The SMILES string of the molecule is CC1(C)O[C@](C)([C@H]2[C@@H](O)C[C@@]3(C)C4=C(CC[C@]23C)[C@@]2(C)CCC(=O)C(C)(C)[C@@H]2CC4)CC[C@@H]1O. The molecule has 0 unspecified atom stereocenters. The molecule has 0 aromatic rings. The number of aliphatic hydroxyl groups excluding tert-OH is 2. The molecular weight excluding hydrogens is 424 g/mol. The summed E-state index contributed by atoms with van der Waals surface area (Å²) in [6.07, 6.45) is 7.35. The second kappa shape index (κ2) is 7.19. The van der Waals surface area contributed by atoms with Crippen molar-refractivity contribution in [3.63, 3.8) is 0 Å². The van der Waals surface area contributed by atoms with Gasteiger partial charge >= 0.3 is 0 Å². The van der Waals surface area contributed by atoms with E-state index < -0.39 is 23.4 Å². The van der Waals surface area contributed by atoms with E-state index in [1.165, 1.54) is 0 Å². The third kappa shape index (κ3) is 2.97. The minimum Gasteiger partial charge on any atom is -0.393 e. The van der Waals surface area contributed by atoms with E-state index in [0.717, 1.165) is 51.4 Å². The van der Waals surface area contributed by atoms with E-state index in [1.807, 2.05) is 13.8 Å². The Hall–Kier alpha value is -0.710. The topological polar surface area (TPSA) is 66.8 Å². The predicted octanol–water partition coefficient (Wildman–Crippen LogP) is 5.98. The summed E-state index contributed by atoms with van der Waals surface area (Å²) in [4.78, 5) is 12.9. The van der Waals surface area contributed by atoms with Gasteiger partial charge in [-0.2, -0.15) is 0 Å². The zero-order valence-electron chi connectivity index (χ0n) is 22.9. The molecule has 3 fully saturated rings. The number of carbonyl (C=O) groups is 1. The van der Waals surface area contributed by atoms with Crippen LogP contribution in [0.25, 0.3) is 0 Å². The van der Waals surface area contributed by atoms with E-state index in [0.29, 0.717) is 18.1 Å². The minimum absolute atomic E-state index is 0.0423. The molecule has 5 rings (SSSR count). The first kappa shape index (κ1) is 25.0. The van der Waals surface area contributed by atoms with Crippen LogP contribution in [0.15, 0.2) is 11.1 Å². The van der Waals surface area contributed by atoms with Gasteiger partial charge in [0.1, 0.15) is 5.78 Å². The van der Waals surface area contributed by atoms with Crippen LogP contribution in [-0.2, 0) is 9.53 Å². The Labute approximate surface area is 206 Å². The average molecular weight is 473 g/mol. The number of allylic oxidation sites excluding steroid dienone is 2. The van der Waals surface area contributed by atoms with Crippen molar-refractivity contribution in [1.29, 1.82) is 0 Å². The molecule has 34 heavy (non-hydrogen) atoms. The first-order chi connectivity index (χ1) is 15.5. The number of ketones is 1. The summed E-state index contributed by atoms with van der Waals surface area (Å²) in [5, 5.41) is 22.3. The lowest BCUT2D eigenvalue weighted by Gasteiger charge is -2.62. The summed E-state index contributed by atoms with van der Waals surface area (Å²) in [5.74, 6) is 0.895. The van der Waals surface area contributed by atoms with Crippen molar-refractivity contribution in [1.82, 2.24) is 0 Å². The second-order valence-corrected chi connectivity index (χ2v) is 14.7. The van der Waals surface area contributed by atoms with Gasteiger partial charge in [-0.1, -0.05) is 45.8 Å². The van der Waals surface area contributed by atoms with Gasteiger partial charge in [0.05, 0.1) is 23.4 Å². The number of rotatable bonds is 1. The molecule has 0 bridgehead atoms. The van der Waals surface area contributed by atoms with Gasteiger partial charge in [0.25, 0.3) is 0 Å². The molecule has 4 nitrogen and oxygen atoms in total. The molecule has 1 aliphatic heterocycles. The van der Waals surface area contributed by atoms with Crippen molar-refractivity contribution < 1.29 is 19.7 Å². The van der Waals surface area contributed by atoms with Gasteiger partial charge in [0.2, 0.25) is 0 Å². The zero-order chi connectivity index (χ0) is 25.1. The van der Waals surface area contributed by atoms with Crippen LogP contribution in [0, 0.1) is 33.5 Å². The molecule has 192 valence electrons. The standard InChI is InChI=1S/C30H48O4/c1-25(2)21-10-9-19-18(27(21,5)14-12-22(25)32)11-15-28(6)24(20(31)17-29(19,28)7)30(8)16-13-23(33)26(3,4)34-30/h20-21,23-24,31,33H,9-17H2,1-8H3/t20-,21-,23-,24-,27+,28+,29-,30-/m0/s1. The predicted molar refractivity (Wildman–Crippen MR) is 134 cm³/mol. The number of Topliss-reactive ketones (excluding diaryl/α,β-unsaturated/α-hetero) is 1. The Balaban J connectivity index is 1.57. The highest BCUT2D eigenvalue weighted by atomic mass is 16.5. The summed E-state index contributed by atoms with van der Waals surface area (Å²) in [5.41, 5.74) is 1.91. The summed E-state index contributed by atoms with van der Waals surface area (Å²) >= 11 is 0. The maximum atomic E-state index is 12.9. The summed E-state index contributed by atoms with van der Waals surface area (Å²) in [6, 6.07) is 0. The Morgan fingerprint density at radius 3 is 2.15 bits per heavy atom. The number of carbonyl (C=O) groups excluding carboxylic acids is 1. The molecule has 5 aliphatic rings. The van der Waals surface area contributed by atoms with Crippen molar-refractivity contribution in [2.45, 2.75) is 137 Å². The van der Waals surface area contributed by atoms with Crippen LogP contribution in [0.5, 0.6) is 0 Å². The Kier molecular flexibility index (Phi) is 5.28. The smallest absolute Gasteiger partial charge is 0.138 e. The van der Waals surface area contributed by atoms with E-state index in [1.54, 1.807) is 11.1 Å². The highest BCUT2D eigenvalue weighted by molar-refractivity contribution is 5.85. The lowest BCUT2D eigenvalue weighted by Crippen LogP contribution is -2.60. The lowest BCUT2D eigenvalue weighted by molar-refractivity contribution is -0.255. The summed E-state index contributed by atoms with van der Waals surface area (Å²) in [6.45, 7) is 17.9. The third-order valence-corrected chi connectivity index (χ3v) is 12.3. The molecule has 4 heteroatoms. The zero-order valence-corrected chi connectivity index (χ0v) is 22.9. The minimum atomic E-state index is -0.604. The highest BCUT2D eigenvalue weighted by Gasteiger charge is 2.69. The molecule has 2 saturated carbocycles. The molecule has 2 N–H and O–H groups in total. The molecule has 0 aromatic heterocycles. The first-order valence-corrected chi connectivity index (χ1v) is 13.9. The largest absolute Gasteiger partial charge is 0.393 e. The maximum absolute atomic E-state index is 12.9. The number of hydrogen-bond acceptors (Lipinski definition) is 4. The molecule has 1 saturated heterocycles. The molecule has 0 radical (unpaired) electrons. The van der Waals surface area contributed by atoms with Gasteiger partial charge < -0.3 is 14.9 Å². The summed E-state index contributed by atoms with van der Waals surface area (Å²) < 4.78 is 6.70. The van der Waals surface area contributed by atoms with Crippen LogP contribution in [0.1, 0.15) is 113 Å². The normalized spacial score (nSPS) is 52.1. The van der Waals surface area contributed by atoms with Crippen molar-refractivity contribution in [3.05, 3.63) is 11.1 Å². The van der Waals surface area contributed by atoms with Gasteiger partial charge in [-0.25, -0.2) is 0 Å². The van der Waals surface area contributed by atoms with E-state index in [9.17, 15) is 15.0 Å². The van der Waals surface area contributed by atoms with Crippen molar-refractivity contribution in [2.75, 3.05) is 0 Å². The van der Waals surface area contributed by atoms with Crippen LogP contribution in [-0.4, -0.2) is 39.4 Å². The van der Waals surface area contributed by atoms with Crippen LogP contribution >= 0.6 is 0 Å². The van der Waals surface area contributed by atoms with Gasteiger partial charge in [-0.15, -0.1) is 0 Å². The Morgan fingerprint density at radius 1 is 0.824 bits per heavy atom. The Morgan fingerprint density at radius 2 is 1.50 bits per heavy atom. The van der Waals surface area contributed by atoms with Crippen molar-refractivity contribution in [3.8, 4) is 0 Å². The van der Waals surface area contributed by atoms with E-state index in [2.05, 4.69) is 41.5 Å². The quantitative estimate of drug-likeness (QED) is 0.460. The molecule has 0 spiro atoms. The van der Waals surface area contributed by atoms with Gasteiger partial charge in [0.15, 0.2) is 0 Å². The highest BCUT2D eigenvalue weighted by Crippen LogP contribution is 2.73. The average Bonchev–Trinajstić information content (AvgIpc) is 2.94. The summed E-state index contributed by atoms with van der Waals surface area (Å²) in [7, 11) is 0. The van der Waals surface area contributed by atoms with Gasteiger partial charge in [-0.05, 0) is 94.3 Å². The molecule has 1 heterocycles. The van der Waals surface area contributed by atoms with Crippen LogP contribution < -0.4 is 0 Å². The molecule has 0 aromatic carbocycles. The molecule has 0 amide bonds. The fraction of sp³-hybridized carbons (Fsp3) is 0.900. The van der Waals surface area contributed by atoms with Crippen molar-refractivity contribution in [2.24, 2.45) is 33.5 Å². The van der Waals surface area contributed by atoms with Crippen LogP contribution in [0.3, 0.4) is 0 Å². The first-order valence-electron chi connectivity index (χ1n) is 13.9. The number of ether oxygens (including phenoxy) is 1.